The Balaban J connectivity index is 1.68. The van der Waals surface area contributed by atoms with Crippen molar-refractivity contribution in [3.63, 3.8) is 0 Å². The molecule has 1 aliphatic rings. The highest BCUT2D eigenvalue weighted by Gasteiger charge is 2.32. The van der Waals surface area contributed by atoms with Gasteiger partial charge in [-0.1, -0.05) is 55.5 Å². The molecule has 2 nitrogen and oxygen atoms in total. The van der Waals surface area contributed by atoms with Crippen LogP contribution in [0.3, 0.4) is 0 Å². The molecule has 0 aliphatic carbocycles. The lowest BCUT2D eigenvalue weighted by Crippen LogP contribution is -2.33. The van der Waals surface area contributed by atoms with Crippen LogP contribution in [0.15, 0.2) is 66.0 Å². The number of rotatable bonds is 3. The Morgan fingerprint density at radius 2 is 1.85 bits per heavy atom. The molecule has 1 aliphatic heterocycles. The van der Waals surface area contributed by atoms with E-state index in [0.29, 0.717) is 5.92 Å². The molecule has 2 atom stereocenters. The molecule has 0 spiro atoms. The Morgan fingerprint density at radius 1 is 1.00 bits per heavy atom. The Kier molecular flexibility index (Phi) is 3.92. The fourth-order valence-electron chi connectivity index (χ4n) is 4.20. The van der Waals surface area contributed by atoms with Crippen LogP contribution in [0.2, 0.25) is 0 Å². The van der Waals surface area contributed by atoms with E-state index < -0.39 is 0 Å². The standard InChI is InChI=1S/C23H22N2S/c1-2-15-9-11-16(12-10-15)18-14-24-22(20-8-5-13-26-20)23-21(18)17-6-3-4-7-19(17)25-23/h3-13,18,22,24-25H,2,14H2,1H3. The number of para-hydroxylation sites is 1. The maximum Gasteiger partial charge on any atom is 0.0826 e. The van der Waals surface area contributed by atoms with Gasteiger partial charge in [0, 0.05) is 33.9 Å². The smallest absolute Gasteiger partial charge is 0.0826 e. The fourth-order valence-corrected chi connectivity index (χ4v) is 5.00. The zero-order valence-electron chi connectivity index (χ0n) is 14.8. The second kappa shape index (κ2) is 6.42. The van der Waals surface area contributed by atoms with Crippen LogP contribution in [-0.2, 0) is 6.42 Å². The van der Waals surface area contributed by atoms with Gasteiger partial charge in [0.15, 0.2) is 0 Å². The van der Waals surface area contributed by atoms with Gasteiger partial charge < -0.3 is 10.3 Å². The van der Waals surface area contributed by atoms with Crippen LogP contribution in [0.5, 0.6) is 0 Å². The first-order valence-corrected chi connectivity index (χ1v) is 10.2. The number of nitrogens with one attached hydrogen (secondary N) is 2. The Bertz CT molecular complexity index is 1030. The maximum atomic E-state index is 3.79. The quantitative estimate of drug-likeness (QED) is 0.489. The number of aryl methyl sites for hydroxylation is 1. The summed E-state index contributed by atoms with van der Waals surface area (Å²) in [5.74, 6) is 0.378. The van der Waals surface area contributed by atoms with Crippen LogP contribution in [0.25, 0.3) is 10.9 Å². The number of hydrogen-bond donors (Lipinski definition) is 2. The topological polar surface area (TPSA) is 27.8 Å². The van der Waals surface area contributed by atoms with Gasteiger partial charge in [-0.05, 0) is 40.6 Å². The Hall–Kier alpha value is -2.36. The number of H-pyrrole nitrogens is 1. The molecule has 2 aromatic heterocycles. The number of thiophene rings is 1. The summed E-state index contributed by atoms with van der Waals surface area (Å²) in [7, 11) is 0. The Labute approximate surface area is 157 Å². The molecule has 130 valence electrons. The minimum atomic E-state index is 0.253. The van der Waals surface area contributed by atoms with E-state index in [1.54, 1.807) is 0 Å². The second-order valence-electron chi connectivity index (χ2n) is 7.00. The summed E-state index contributed by atoms with van der Waals surface area (Å²) in [4.78, 5) is 5.09. The van der Waals surface area contributed by atoms with Crippen LogP contribution in [0, 0.1) is 0 Å². The van der Waals surface area contributed by atoms with Crippen molar-refractivity contribution in [2.75, 3.05) is 6.54 Å². The van der Waals surface area contributed by atoms with Gasteiger partial charge >= 0.3 is 0 Å². The van der Waals surface area contributed by atoms with E-state index in [1.807, 2.05) is 11.3 Å². The summed E-state index contributed by atoms with van der Waals surface area (Å²) in [6.45, 7) is 3.17. The third-order valence-corrected chi connectivity index (χ3v) is 6.50. The minimum Gasteiger partial charge on any atom is -0.357 e. The van der Waals surface area contributed by atoms with Crippen LogP contribution < -0.4 is 5.32 Å². The van der Waals surface area contributed by atoms with E-state index in [2.05, 4.69) is 83.3 Å². The molecule has 0 fully saturated rings. The highest BCUT2D eigenvalue weighted by atomic mass is 32.1. The summed E-state index contributed by atoms with van der Waals surface area (Å²) in [5, 5.41) is 7.31. The lowest BCUT2D eigenvalue weighted by molar-refractivity contribution is 0.531. The molecule has 26 heavy (non-hydrogen) atoms. The van der Waals surface area contributed by atoms with Gasteiger partial charge in [0.05, 0.1) is 6.04 Å². The molecule has 0 radical (unpaired) electrons. The predicted molar refractivity (Wildman–Crippen MR) is 110 cm³/mol. The molecule has 2 aromatic carbocycles. The largest absolute Gasteiger partial charge is 0.357 e. The molecule has 3 heterocycles. The van der Waals surface area contributed by atoms with E-state index in [-0.39, 0.29) is 6.04 Å². The summed E-state index contributed by atoms with van der Waals surface area (Å²) in [5.41, 5.74) is 6.81. The van der Waals surface area contributed by atoms with Crippen LogP contribution in [-0.4, -0.2) is 11.5 Å². The Morgan fingerprint density at radius 3 is 2.62 bits per heavy atom. The summed E-state index contributed by atoms with van der Waals surface area (Å²) in [6.07, 6.45) is 1.09. The van der Waals surface area contributed by atoms with Gasteiger partial charge in [-0.3, -0.25) is 0 Å². The van der Waals surface area contributed by atoms with E-state index in [4.69, 9.17) is 0 Å². The fraction of sp³-hybridized carbons (Fsp3) is 0.217. The first-order valence-electron chi connectivity index (χ1n) is 9.31. The van der Waals surface area contributed by atoms with Gasteiger partial charge in [0.1, 0.15) is 0 Å². The van der Waals surface area contributed by atoms with Gasteiger partial charge in [0.25, 0.3) is 0 Å². The number of aromatic nitrogens is 1. The maximum absolute atomic E-state index is 3.79. The van der Waals surface area contributed by atoms with E-state index in [9.17, 15) is 0 Å². The molecule has 4 aromatic rings. The third kappa shape index (κ3) is 2.51. The van der Waals surface area contributed by atoms with Crippen molar-refractivity contribution >= 4 is 22.2 Å². The van der Waals surface area contributed by atoms with Crippen molar-refractivity contribution < 1.29 is 0 Å². The number of benzene rings is 2. The highest BCUT2D eigenvalue weighted by Crippen LogP contribution is 2.42. The highest BCUT2D eigenvalue weighted by molar-refractivity contribution is 7.10. The zero-order chi connectivity index (χ0) is 17.5. The predicted octanol–water partition coefficient (Wildman–Crippen LogP) is 5.62. The van der Waals surface area contributed by atoms with Crippen LogP contribution in [0.4, 0.5) is 0 Å². The lowest BCUT2D eigenvalue weighted by atomic mass is 9.84. The number of fused-ring (bicyclic) bond motifs is 3. The molecule has 2 unspecified atom stereocenters. The first kappa shape index (κ1) is 15.9. The van der Waals surface area contributed by atoms with Gasteiger partial charge in [-0.25, -0.2) is 0 Å². The van der Waals surface area contributed by atoms with Crippen LogP contribution >= 0.6 is 11.3 Å². The number of aromatic amines is 1. The van der Waals surface area contributed by atoms with Crippen molar-refractivity contribution in [1.29, 1.82) is 0 Å². The monoisotopic (exact) mass is 358 g/mol. The van der Waals surface area contributed by atoms with E-state index in [1.165, 1.54) is 38.2 Å². The van der Waals surface area contributed by atoms with Crippen molar-refractivity contribution in [3.8, 4) is 0 Å². The van der Waals surface area contributed by atoms with E-state index >= 15 is 0 Å². The average Bonchev–Trinajstić information content (AvgIpc) is 3.35. The third-order valence-electron chi connectivity index (χ3n) is 5.56. The van der Waals surface area contributed by atoms with Crippen molar-refractivity contribution in [3.05, 3.63) is 93.3 Å². The number of hydrogen-bond acceptors (Lipinski definition) is 2. The van der Waals surface area contributed by atoms with Crippen molar-refractivity contribution in [1.82, 2.24) is 10.3 Å². The summed E-state index contributed by atoms with van der Waals surface area (Å²) >= 11 is 1.82. The molecule has 0 saturated heterocycles. The van der Waals surface area contributed by atoms with Gasteiger partial charge in [0.2, 0.25) is 0 Å². The molecule has 0 amide bonds. The second-order valence-corrected chi connectivity index (χ2v) is 7.98. The molecule has 3 heteroatoms. The zero-order valence-corrected chi connectivity index (χ0v) is 15.6. The van der Waals surface area contributed by atoms with E-state index in [0.717, 1.165) is 13.0 Å². The van der Waals surface area contributed by atoms with Crippen LogP contribution in [0.1, 0.15) is 46.1 Å². The van der Waals surface area contributed by atoms with Gasteiger partial charge in [-0.2, -0.15) is 0 Å². The lowest BCUT2D eigenvalue weighted by Gasteiger charge is -2.30. The molecule has 0 saturated carbocycles. The normalized spacial score (nSPS) is 19.6. The summed E-state index contributed by atoms with van der Waals surface area (Å²) < 4.78 is 0. The molecule has 5 rings (SSSR count). The average molecular weight is 359 g/mol. The van der Waals surface area contributed by atoms with Gasteiger partial charge in [-0.15, -0.1) is 11.3 Å². The van der Waals surface area contributed by atoms with Crippen molar-refractivity contribution in [2.45, 2.75) is 25.3 Å². The summed E-state index contributed by atoms with van der Waals surface area (Å²) in [6, 6.07) is 22.5. The molecule has 2 N–H and O–H groups in total. The minimum absolute atomic E-state index is 0.253. The molecular formula is C23H22N2S. The van der Waals surface area contributed by atoms with Crippen molar-refractivity contribution in [2.24, 2.45) is 0 Å². The first-order chi connectivity index (χ1) is 12.8. The molecular weight excluding hydrogens is 336 g/mol. The molecule has 0 bridgehead atoms. The SMILES string of the molecule is CCc1ccc(C2CNC(c3cccs3)c3[nH]c4ccccc4c32)cc1.